The van der Waals surface area contributed by atoms with Crippen molar-refractivity contribution in [3.05, 3.63) is 29.3 Å². The van der Waals surface area contributed by atoms with Gasteiger partial charge in [-0.05, 0) is 42.3 Å². The van der Waals surface area contributed by atoms with E-state index in [1.54, 1.807) is 31.2 Å². The summed E-state index contributed by atoms with van der Waals surface area (Å²) in [5.41, 5.74) is 0.735. The molecule has 1 aromatic carbocycles. The molecular formula is C17H22ClN5O3. The number of ether oxygens (including phenoxy) is 1. The number of carbonyl (C=O) groups is 2. The molecule has 9 heteroatoms. The number of amides is 1. The lowest BCUT2D eigenvalue weighted by molar-refractivity contribution is -0.152. The fraction of sp³-hybridized carbons (Fsp3) is 0.471. The molecule has 0 fully saturated rings. The zero-order valence-electron chi connectivity index (χ0n) is 14.8. The molecule has 1 unspecified atom stereocenters. The van der Waals surface area contributed by atoms with E-state index in [4.69, 9.17) is 16.3 Å². The highest BCUT2D eigenvalue weighted by Gasteiger charge is 2.24. The van der Waals surface area contributed by atoms with Gasteiger partial charge in [0, 0.05) is 17.1 Å². The molecule has 0 aliphatic carbocycles. The largest absolute Gasteiger partial charge is 0.454 e. The Labute approximate surface area is 156 Å². The zero-order chi connectivity index (χ0) is 18.9. The van der Waals surface area contributed by atoms with E-state index < -0.39 is 12.0 Å². The molecule has 0 saturated carbocycles. The van der Waals surface area contributed by atoms with Crippen LogP contribution in [0, 0.1) is 0 Å². The monoisotopic (exact) mass is 379 g/mol. The van der Waals surface area contributed by atoms with Crippen LogP contribution in [0.15, 0.2) is 24.3 Å². The van der Waals surface area contributed by atoms with Gasteiger partial charge in [0.25, 0.3) is 5.91 Å². The summed E-state index contributed by atoms with van der Waals surface area (Å²) in [5, 5.41) is 15.4. The number of halogens is 1. The van der Waals surface area contributed by atoms with Crippen molar-refractivity contribution in [2.45, 2.75) is 39.2 Å². The van der Waals surface area contributed by atoms with E-state index in [0.717, 1.165) is 18.4 Å². The Morgan fingerprint density at radius 2 is 2.00 bits per heavy atom. The summed E-state index contributed by atoms with van der Waals surface area (Å²) in [7, 11) is 0. The molecule has 1 amide bonds. The molecule has 0 aliphatic heterocycles. The topological polar surface area (TPSA) is 99.0 Å². The highest BCUT2D eigenvalue weighted by atomic mass is 35.5. The summed E-state index contributed by atoms with van der Waals surface area (Å²) in [6.07, 6.45) is 2.27. The maximum absolute atomic E-state index is 12.3. The molecule has 2 aromatic rings. The van der Waals surface area contributed by atoms with Crippen LogP contribution in [0.2, 0.25) is 5.02 Å². The van der Waals surface area contributed by atoms with Gasteiger partial charge in [0.15, 0.2) is 12.6 Å². The van der Waals surface area contributed by atoms with Gasteiger partial charge >= 0.3 is 5.97 Å². The maximum Gasteiger partial charge on any atom is 0.333 e. The SMILES string of the molecule is CCCCNC(=O)COC(=O)C(CC)n1nnc(-c2ccc(Cl)cc2)n1. The van der Waals surface area contributed by atoms with Crippen LogP contribution in [-0.2, 0) is 14.3 Å². The third kappa shape index (κ3) is 5.52. The number of tetrazole rings is 1. The lowest BCUT2D eigenvalue weighted by atomic mass is 10.2. The van der Waals surface area contributed by atoms with Crippen LogP contribution in [0.3, 0.4) is 0 Å². The molecule has 1 atom stereocenters. The standard InChI is InChI=1S/C17H22ClN5O3/c1-3-5-10-19-15(24)11-26-17(25)14(4-2)23-21-16(20-22-23)12-6-8-13(18)9-7-12/h6-9,14H,3-5,10-11H2,1-2H3,(H,19,24). The quantitative estimate of drug-likeness (QED) is 0.530. The van der Waals surface area contributed by atoms with Gasteiger partial charge in [-0.1, -0.05) is 31.9 Å². The van der Waals surface area contributed by atoms with Crippen LogP contribution in [0.4, 0.5) is 0 Å². The van der Waals surface area contributed by atoms with Crippen molar-refractivity contribution in [2.75, 3.05) is 13.2 Å². The summed E-state index contributed by atoms with van der Waals surface area (Å²) in [4.78, 5) is 25.1. The van der Waals surface area contributed by atoms with Crippen molar-refractivity contribution in [1.29, 1.82) is 0 Å². The molecule has 26 heavy (non-hydrogen) atoms. The summed E-state index contributed by atoms with van der Waals surface area (Å²) in [5.74, 6) is -0.515. The number of nitrogens with zero attached hydrogens (tertiary/aromatic N) is 4. The maximum atomic E-state index is 12.3. The summed E-state index contributed by atoms with van der Waals surface area (Å²) < 4.78 is 5.08. The number of nitrogens with one attached hydrogen (secondary N) is 1. The molecule has 8 nitrogen and oxygen atoms in total. The molecule has 0 bridgehead atoms. The van der Waals surface area contributed by atoms with E-state index >= 15 is 0 Å². The minimum atomic E-state index is -0.744. The average molecular weight is 380 g/mol. The van der Waals surface area contributed by atoms with E-state index in [1.807, 2.05) is 6.92 Å². The van der Waals surface area contributed by atoms with Crippen LogP contribution in [0.25, 0.3) is 11.4 Å². The molecule has 2 rings (SSSR count). The number of carbonyl (C=O) groups excluding carboxylic acids is 2. The van der Waals surface area contributed by atoms with Crippen LogP contribution in [-0.4, -0.2) is 45.2 Å². The Bertz CT molecular complexity index is 732. The van der Waals surface area contributed by atoms with Gasteiger partial charge in [-0.25, -0.2) is 4.79 Å². The number of rotatable bonds is 9. The second kappa shape index (κ2) is 9.86. The smallest absolute Gasteiger partial charge is 0.333 e. The number of esters is 1. The van der Waals surface area contributed by atoms with Gasteiger partial charge in [-0.2, -0.15) is 0 Å². The Balaban J connectivity index is 1.96. The first-order chi connectivity index (χ1) is 12.5. The highest BCUT2D eigenvalue weighted by molar-refractivity contribution is 6.30. The first-order valence-electron chi connectivity index (χ1n) is 8.54. The molecule has 1 N–H and O–H groups in total. The van der Waals surface area contributed by atoms with E-state index in [-0.39, 0.29) is 12.5 Å². The normalized spacial score (nSPS) is 11.8. The van der Waals surface area contributed by atoms with E-state index in [0.29, 0.717) is 23.8 Å². The minimum absolute atomic E-state index is 0.322. The number of hydrogen-bond donors (Lipinski definition) is 1. The van der Waals surface area contributed by atoms with Crippen molar-refractivity contribution < 1.29 is 14.3 Å². The number of benzene rings is 1. The Morgan fingerprint density at radius 1 is 1.27 bits per heavy atom. The second-order valence-electron chi connectivity index (χ2n) is 5.68. The van der Waals surface area contributed by atoms with Crippen LogP contribution >= 0.6 is 11.6 Å². The molecule has 1 aromatic heterocycles. The van der Waals surface area contributed by atoms with Crippen LogP contribution in [0.5, 0.6) is 0 Å². The predicted octanol–water partition coefficient (Wildman–Crippen LogP) is 2.40. The van der Waals surface area contributed by atoms with E-state index in [1.165, 1.54) is 4.80 Å². The Kier molecular flexibility index (Phi) is 7.53. The van der Waals surface area contributed by atoms with Gasteiger partial charge < -0.3 is 10.1 Å². The highest BCUT2D eigenvalue weighted by Crippen LogP contribution is 2.18. The summed E-state index contributed by atoms with van der Waals surface area (Å²) in [6.45, 7) is 4.08. The summed E-state index contributed by atoms with van der Waals surface area (Å²) >= 11 is 5.86. The van der Waals surface area contributed by atoms with Gasteiger partial charge in [0.2, 0.25) is 5.82 Å². The molecule has 1 heterocycles. The molecule has 0 aliphatic rings. The number of aromatic nitrogens is 4. The third-order valence-corrected chi connectivity index (χ3v) is 3.92. The van der Waals surface area contributed by atoms with Gasteiger partial charge in [0.1, 0.15) is 0 Å². The first kappa shape index (κ1) is 19.8. The van der Waals surface area contributed by atoms with Crippen LogP contribution in [0.1, 0.15) is 39.2 Å². The second-order valence-corrected chi connectivity index (χ2v) is 6.11. The average Bonchev–Trinajstić information content (AvgIpc) is 3.11. The van der Waals surface area contributed by atoms with Gasteiger partial charge in [-0.3, -0.25) is 4.79 Å². The molecule has 0 radical (unpaired) electrons. The van der Waals surface area contributed by atoms with Crippen molar-refractivity contribution in [1.82, 2.24) is 25.5 Å². The third-order valence-electron chi connectivity index (χ3n) is 3.67. The fourth-order valence-corrected chi connectivity index (χ4v) is 2.31. The lowest BCUT2D eigenvalue weighted by Crippen LogP contribution is -2.32. The van der Waals surface area contributed by atoms with Crippen molar-refractivity contribution in [2.24, 2.45) is 0 Å². The van der Waals surface area contributed by atoms with Crippen molar-refractivity contribution >= 4 is 23.5 Å². The van der Waals surface area contributed by atoms with Crippen molar-refractivity contribution in [3.8, 4) is 11.4 Å². The molecule has 0 spiro atoms. The molecule has 0 saturated heterocycles. The Hall–Kier alpha value is -2.48. The van der Waals surface area contributed by atoms with Crippen LogP contribution < -0.4 is 5.32 Å². The predicted molar refractivity (Wildman–Crippen MR) is 96.5 cm³/mol. The van der Waals surface area contributed by atoms with Gasteiger partial charge in [-0.15, -0.1) is 15.0 Å². The van der Waals surface area contributed by atoms with E-state index in [9.17, 15) is 9.59 Å². The number of unbranched alkanes of at least 4 members (excludes halogenated alkanes) is 1. The zero-order valence-corrected chi connectivity index (χ0v) is 15.6. The lowest BCUT2D eigenvalue weighted by Gasteiger charge is -2.12. The van der Waals surface area contributed by atoms with Gasteiger partial charge in [0.05, 0.1) is 0 Å². The summed E-state index contributed by atoms with van der Waals surface area (Å²) in [6, 6.07) is 6.24. The first-order valence-corrected chi connectivity index (χ1v) is 8.91. The minimum Gasteiger partial charge on any atom is -0.454 e. The van der Waals surface area contributed by atoms with Crippen molar-refractivity contribution in [3.63, 3.8) is 0 Å². The molecular weight excluding hydrogens is 358 g/mol. The molecule has 140 valence electrons. The van der Waals surface area contributed by atoms with E-state index in [2.05, 4.69) is 20.7 Å². The Morgan fingerprint density at radius 3 is 2.65 bits per heavy atom. The fourth-order valence-electron chi connectivity index (χ4n) is 2.18. The number of hydrogen-bond acceptors (Lipinski definition) is 6.